The molecule has 32 heavy (non-hydrogen) atoms. The molecule has 4 unspecified atom stereocenters. The number of rotatable bonds is 6. The van der Waals surface area contributed by atoms with Crippen molar-refractivity contribution in [3.63, 3.8) is 0 Å². The Hall–Kier alpha value is -3.44. The summed E-state index contributed by atoms with van der Waals surface area (Å²) < 4.78 is 5.46. The molecule has 1 aromatic carbocycles. The number of hydrogen-bond donors (Lipinski definition) is 5. The second kappa shape index (κ2) is 8.60. The summed E-state index contributed by atoms with van der Waals surface area (Å²) in [6, 6.07) is 6.76. The zero-order valence-electron chi connectivity index (χ0n) is 18.5. The van der Waals surface area contributed by atoms with Gasteiger partial charge in [-0.3, -0.25) is 19.9 Å². The van der Waals surface area contributed by atoms with Gasteiger partial charge in [-0.05, 0) is 26.0 Å². The standard InChI is InChI=1S/C21H28N8O3/c1-10-8-15(24-11(2)23-10)26-16-9-14(17-20(27-16)28-29(3)21(17)31)25-13-7-5-6-12(19(22)30)18(13)32-4/h5-8,14,16-17,20,25,27-28H,9H2,1-4H3,(H2,22,30)(H,23,24,26). The van der Waals surface area contributed by atoms with Gasteiger partial charge in [-0.2, -0.15) is 0 Å². The first-order valence-corrected chi connectivity index (χ1v) is 10.4. The van der Waals surface area contributed by atoms with Crippen molar-refractivity contribution < 1.29 is 14.3 Å². The molecule has 2 amide bonds. The molecule has 11 heteroatoms. The summed E-state index contributed by atoms with van der Waals surface area (Å²) >= 11 is 0. The zero-order chi connectivity index (χ0) is 23.0. The number of amides is 2. The highest BCUT2D eigenvalue weighted by Crippen LogP contribution is 2.34. The fraction of sp³-hybridized carbons (Fsp3) is 0.429. The number of nitrogens with zero attached hydrogens (tertiary/aromatic N) is 3. The number of piperidine rings is 1. The third kappa shape index (κ3) is 4.16. The van der Waals surface area contributed by atoms with Gasteiger partial charge >= 0.3 is 0 Å². The molecule has 2 fully saturated rings. The Morgan fingerprint density at radius 1 is 1.28 bits per heavy atom. The van der Waals surface area contributed by atoms with E-state index in [4.69, 9.17) is 10.5 Å². The molecule has 0 spiro atoms. The molecule has 3 heterocycles. The van der Waals surface area contributed by atoms with Gasteiger partial charge in [0.15, 0.2) is 5.75 Å². The van der Waals surface area contributed by atoms with Crippen molar-refractivity contribution in [3.05, 3.63) is 41.3 Å². The number of nitrogens with two attached hydrogens (primary N) is 1. The van der Waals surface area contributed by atoms with E-state index in [-0.39, 0.29) is 35.8 Å². The molecule has 2 aromatic rings. The topological polar surface area (TPSA) is 147 Å². The Kier molecular flexibility index (Phi) is 5.85. The number of carbonyl (C=O) groups is 2. The number of aromatic nitrogens is 2. The Balaban J connectivity index is 1.62. The van der Waals surface area contributed by atoms with Crippen LogP contribution in [0.25, 0.3) is 0 Å². The lowest BCUT2D eigenvalue weighted by molar-refractivity contribution is -0.131. The van der Waals surface area contributed by atoms with Crippen LogP contribution < -0.4 is 31.8 Å². The van der Waals surface area contributed by atoms with Gasteiger partial charge in [0.2, 0.25) is 5.91 Å². The molecule has 0 bridgehead atoms. The molecule has 170 valence electrons. The van der Waals surface area contributed by atoms with Gasteiger partial charge < -0.3 is 21.1 Å². The number of ether oxygens (including phenoxy) is 1. The van der Waals surface area contributed by atoms with Gasteiger partial charge in [-0.25, -0.2) is 15.4 Å². The van der Waals surface area contributed by atoms with Crippen molar-refractivity contribution >= 4 is 23.3 Å². The second-order valence-corrected chi connectivity index (χ2v) is 8.07. The summed E-state index contributed by atoms with van der Waals surface area (Å²) in [5, 5.41) is 11.8. The van der Waals surface area contributed by atoms with Crippen LogP contribution >= 0.6 is 0 Å². The molecule has 4 atom stereocenters. The van der Waals surface area contributed by atoms with Crippen molar-refractivity contribution in [3.8, 4) is 5.75 Å². The van der Waals surface area contributed by atoms with Crippen molar-refractivity contribution in [1.29, 1.82) is 0 Å². The number of primary amides is 1. The number of fused-ring (bicyclic) bond motifs is 1. The largest absolute Gasteiger partial charge is 0.494 e. The minimum absolute atomic E-state index is 0.0304. The van der Waals surface area contributed by atoms with E-state index in [1.165, 1.54) is 12.1 Å². The molecule has 4 rings (SSSR count). The van der Waals surface area contributed by atoms with Crippen molar-refractivity contribution in [1.82, 2.24) is 25.7 Å². The fourth-order valence-electron chi connectivity index (χ4n) is 4.43. The molecule has 2 saturated heterocycles. The van der Waals surface area contributed by atoms with Crippen LogP contribution in [0.4, 0.5) is 11.5 Å². The molecule has 0 aliphatic carbocycles. The quantitative estimate of drug-likeness (QED) is 0.429. The average Bonchev–Trinajstić information content (AvgIpc) is 3.00. The summed E-state index contributed by atoms with van der Waals surface area (Å²) in [4.78, 5) is 33.5. The van der Waals surface area contributed by atoms with Gasteiger partial charge in [-0.1, -0.05) is 6.07 Å². The summed E-state index contributed by atoms with van der Waals surface area (Å²) in [6.07, 6.45) is 0.0965. The van der Waals surface area contributed by atoms with Crippen LogP contribution in [0.1, 0.15) is 28.3 Å². The van der Waals surface area contributed by atoms with Crippen LogP contribution in [0.15, 0.2) is 24.3 Å². The summed E-state index contributed by atoms with van der Waals surface area (Å²) in [6.45, 7) is 3.76. The van der Waals surface area contributed by atoms with Crippen LogP contribution in [0.3, 0.4) is 0 Å². The van der Waals surface area contributed by atoms with Crippen molar-refractivity contribution in [2.75, 3.05) is 24.8 Å². The number of methoxy groups -OCH3 is 1. The zero-order valence-corrected chi connectivity index (χ0v) is 18.5. The maximum Gasteiger partial charge on any atom is 0.252 e. The highest BCUT2D eigenvalue weighted by Gasteiger charge is 2.48. The van der Waals surface area contributed by atoms with E-state index >= 15 is 0 Å². The minimum atomic E-state index is -0.582. The summed E-state index contributed by atoms with van der Waals surface area (Å²) in [7, 11) is 3.19. The smallest absolute Gasteiger partial charge is 0.252 e. The number of benzene rings is 1. The van der Waals surface area contributed by atoms with Crippen LogP contribution in [-0.4, -0.2) is 59.3 Å². The molecule has 2 aliphatic heterocycles. The average molecular weight is 441 g/mol. The lowest BCUT2D eigenvalue weighted by Gasteiger charge is -2.39. The molecule has 0 saturated carbocycles. The van der Waals surface area contributed by atoms with E-state index in [1.807, 2.05) is 19.9 Å². The molecule has 0 radical (unpaired) electrons. The lowest BCUT2D eigenvalue weighted by atomic mass is 9.88. The highest BCUT2D eigenvalue weighted by atomic mass is 16.5. The SMILES string of the molecule is COc1c(NC2CC(Nc3cc(C)nc(C)n3)NC3NN(C)C(=O)C23)cccc1C(N)=O. The van der Waals surface area contributed by atoms with Crippen LogP contribution in [0.5, 0.6) is 5.75 Å². The maximum absolute atomic E-state index is 12.9. The molecule has 1 aromatic heterocycles. The third-order valence-corrected chi connectivity index (χ3v) is 5.73. The van der Waals surface area contributed by atoms with E-state index < -0.39 is 5.91 Å². The number of carbonyl (C=O) groups excluding carboxylic acids is 2. The molecule has 11 nitrogen and oxygen atoms in total. The predicted octanol–water partition coefficient (Wildman–Crippen LogP) is 0.332. The van der Waals surface area contributed by atoms with Crippen LogP contribution in [0.2, 0.25) is 0 Å². The second-order valence-electron chi connectivity index (χ2n) is 8.07. The molecule has 6 N–H and O–H groups in total. The lowest BCUT2D eigenvalue weighted by Crippen LogP contribution is -2.61. The number of hydrazine groups is 1. The molecular weight excluding hydrogens is 412 g/mol. The van der Waals surface area contributed by atoms with Crippen LogP contribution in [-0.2, 0) is 4.79 Å². The number of nitrogens with one attached hydrogen (secondary N) is 4. The maximum atomic E-state index is 12.9. The fourth-order valence-corrected chi connectivity index (χ4v) is 4.43. The Labute approximate surface area is 186 Å². The third-order valence-electron chi connectivity index (χ3n) is 5.73. The van der Waals surface area contributed by atoms with Gasteiger partial charge in [-0.15, -0.1) is 0 Å². The normalized spacial score (nSPS) is 24.8. The summed E-state index contributed by atoms with van der Waals surface area (Å²) in [5.41, 5.74) is 10.4. The number of hydrogen-bond acceptors (Lipinski definition) is 9. The molecule has 2 aliphatic rings. The van der Waals surface area contributed by atoms with Crippen molar-refractivity contribution in [2.24, 2.45) is 11.7 Å². The first-order chi connectivity index (χ1) is 15.3. The van der Waals surface area contributed by atoms with Gasteiger partial charge in [0.1, 0.15) is 11.6 Å². The van der Waals surface area contributed by atoms with E-state index in [1.54, 1.807) is 25.2 Å². The van der Waals surface area contributed by atoms with E-state index in [2.05, 4.69) is 31.3 Å². The number of aryl methyl sites for hydroxylation is 2. The van der Waals surface area contributed by atoms with Gasteiger partial charge in [0.25, 0.3) is 5.91 Å². The van der Waals surface area contributed by atoms with E-state index in [0.29, 0.717) is 29.5 Å². The van der Waals surface area contributed by atoms with Crippen LogP contribution in [0, 0.1) is 19.8 Å². The number of para-hydroxylation sites is 1. The van der Waals surface area contributed by atoms with Gasteiger partial charge in [0, 0.05) is 31.3 Å². The Bertz CT molecular complexity index is 1030. The first-order valence-electron chi connectivity index (χ1n) is 10.4. The number of anilines is 2. The monoisotopic (exact) mass is 440 g/mol. The Morgan fingerprint density at radius 3 is 2.75 bits per heavy atom. The summed E-state index contributed by atoms with van der Waals surface area (Å²) in [5.74, 6) is 0.758. The minimum Gasteiger partial charge on any atom is -0.494 e. The Morgan fingerprint density at radius 2 is 2.06 bits per heavy atom. The van der Waals surface area contributed by atoms with Gasteiger partial charge in [0.05, 0.1) is 36.6 Å². The predicted molar refractivity (Wildman–Crippen MR) is 119 cm³/mol. The highest BCUT2D eigenvalue weighted by molar-refractivity contribution is 5.97. The first kappa shape index (κ1) is 21.8. The van der Waals surface area contributed by atoms with E-state index in [0.717, 1.165) is 5.69 Å². The van der Waals surface area contributed by atoms with Crippen molar-refractivity contribution in [2.45, 2.75) is 38.6 Å². The molecular formula is C21H28N8O3. The van der Waals surface area contributed by atoms with E-state index in [9.17, 15) is 9.59 Å².